The van der Waals surface area contributed by atoms with Gasteiger partial charge in [-0.2, -0.15) is 11.8 Å². The molecule has 0 bridgehead atoms. The highest BCUT2D eigenvalue weighted by Crippen LogP contribution is 2.29. The predicted molar refractivity (Wildman–Crippen MR) is 133 cm³/mol. The molecular weight excluding hydrogens is 499 g/mol. The summed E-state index contributed by atoms with van der Waals surface area (Å²) in [6.45, 7) is 2.48. The van der Waals surface area contributed by atoms with Crippen LogP contribution in [0.15, 0.2) is 36.4 Å². The Hall–Kier alpha value is -1.12. The monoisotopic (exact) mass is 522 g/mol. The van der Waals surface area contributed by atoms with Crippen LogP contribution in [0.2, 0.25) is 15.1 Å². The standard InChI is InChI=1S/C21H25Cl3N2O3S2/c1-15-17(22)6-4-9-20(15)26(31(2,28)29)12-5-10-21(27)25-11-13-30-14-16-18(23)7-3-8-19(16)24/h3-4,6-9H,5,10-14H2,1-2H3,(H,25,27). The third kappa shape index (κ3) is 8.06. The summed E-state index contributed by atoms with van der Waals surface area (Å²) in [6.07, 6.45) is 1.77. The lowest BCUT2D eigenvalue weighted by molar-refractivity contribution is -0.121. The topological polar surface area (TPSA) is 66.5 Å². The van der Waals surface area contributed by atoms with Crippen LogP contribution in [-0.2, 0) is 20.6 Å². The Morgan fingerprint density at radius 3 is 2.32 bits per heavy atom. The first-order valence-electron chi connectivity index (χ1n) is 9.61. The van der Waals surface area contributed by atoms with Crippen LogP contribution in [0.1, 0.15) is 24.0 Å². The number of anilines is 1. The molecule has 0 fully saturated rings. The van der Waals surface area contributed by atoms with E-state index in [1.807, 2.05) is 0 Å². The van der Waals surface area contributed by atoms with Gasteiger partial charge in [-0.1, -0.05) is 46.9 Å². The number of sulfonamides is 1. The van der Waals surface area contributed by atoms with Crippen LogP contribution in [0.3, 0.4) is 0 Å². The van der Waals surface area contributed by atoms with Gasteiger partial charge in [0.2, 0.25) is 15.9 Å². The number of rotatable bonds is 11. The number of hydrogen-bond acceptors (Lipinski definition) is 4. The third-order valence-corrected chi connectivity index (χ3v) is 7.83. The lowest BCUT2D eigenvalue weighted by atomic mass is 10.2. The van der Waals surface area contributed by atoms with Gasteiger partial charge in [0.25, 0.3) is 0 Å². The van der Waals surface area contributed by atoms with Gasteiger partial charge >= 0.3 is 0 Å². The largest absolute Gasteiger partial charge is 0.355 e. The van der Waals surface area contributed by atoms with Crippen molar-refractivity contribution < 1.29 is 13.2 Å². The molecule has 0 aromatic heterocycles. The molecule has 0 atom stereocenters. The van der Waals surface area contributed by atoms with Gasteiger partial charge in [-0.25, -0.2) is 8.42 Å². The molecule has 0 unspecified atom stereocenters. The van der Waals surface area contributed by atoms with Gasteiger partial charge in [0.1, 0.15) is 0 Å². The highest BCUT2D eigenvalue weighted by atomic mass is 35.5. The molecule has 0 radical (unpaired) electrons. The van der Waals surface area contributed by atoms with Gasteiger partial charge in [-0.15, -0.1) is 0 Å². The second kappa shape index (κ2) is 12.2. The average molecular weight is 524 g/mol. The molecular formula is C21H25Cl3N2O3S2. The Labute approximate surface area is 203 Å². The molecule has 2 aromatic rings. The summed E-state index contributed by atoms with van der Waals surface area (Å²) in [5.41, 5.74) is 2.11. The molecule has 1 amide bonds. The minimum atomic E-state index is -3.49. The number of benzene rings is 2. The number of amides is 1. The Morgan fingerprint density at radius 1 is 1.06 bits per heavy atom. The fourth-order valence-electron chi connectivity index (χ4n) is 2.91. The van der Waals surface area contributed by atoms with E-state index in [1.165, 1.54) is 4.31 Å². The van der Waals surface area contributed by atoms with Crippen LogP contribution in [0, 0.1) is 6.92 Å². The van der Waals surface area contributed by atoms with E-state index in [0.29, 0.717) is 50.8 Å². The lowest BCUT2D eigenvalue weighted by Gasteiger charge is -2.24. The van der Waals surface area contributed by atoms with Gasteiger partial charge < -0.3 is 5.32 Å². The quantitative estimate of drug-likeness (QED) is 0.392. The van der Waals surface area contributed by atoms with Crippen molar-refractivity contribution in [1.29, 1.82) is 0 Å². The van der Waals surface area contributed by atoms with E-state index < -0.39 is 10.0 Å². The van der Waals surface area contributed by atoms with Crippen LogP contribution in [0.5, 0.6) is 0 Å². The predicted octanol–water partition coefficient (Wildman–Crippen LogP) is 5.55. The summed E-state index contributed by atoms with van der Waals surface area (Å²) in [7, 11) is -3.49. The van der Waals surface area contributed by atoms with Gasteiger partial charge in [0.15, 0.2) is 0 Å². The Balaban J connectivity index is 1.76. The molecule has 31 heavy (non-hydrogen) atoms. The first-order chi connectivity index (χ1) is 14.6. The molecule has 0 heterocycles. The van der Waals surface area contributed by atoms with Crippen LogP contribution in [-0.4, -0.2) is 39.4 Å². The molecule has 1 N–H and O–H groups in total. The highest BCUT2D eigenvalue weighted by molar-refractivity contribution is 7.98. The molecule has 0 spiro atoms. The number of nitrogens with one attached hydrogen (secondary N) is 1. The van der Waals surface area contributed by atoms with Crippen molar-refractivity contribution in [3.8, 4) is 0 Å². The van der Waals surface area contributed by atoms with Crippen molar-refractivity contribution in [3.05, 3.63) is 62.6 Å². The van der Waals surface area contributed by atoms with Crippen molar-refractivity contribution in [2.24, 2.45) is 0 Å². The normalized spacial score (nSPS) is 11.4. The highest BCUT2D eigenvalue weighted by Gasteiger charge is 2.20. The summed E-state index contributed by atoms with van der Waals surface area (Å²) in [4.78, 5) is 12.1. The SMILES string of the molecule is Cc1c(Cl)cccc1N(CCCC(=O)NCCSCc1c(Cl)cccc1Cl)S(C)(=O)=O. The molecule has 0 aliphatic carbocycles. The van der Waals surface area contributed by atoms with Crippen molar-refractivity contribution in [3.63, 3.8) is 0 Å². The fraction of sp³-hybridized carbons (Fsp3) is 0.381. The Bertz CT molecular complexity index is 997. The first kappa shape index (κ1) is 26.1. The molecule has 0 saturated carbocycles. The number of halogens is 3. The lowest BCUT2D eigenvalue weighted by Crippen LogP contribution is -2.33. The molecule has 0 aliphatic rings. The fourth-order valence-corrected chi connectivity index (χ4v) is 5.69. The van der Waals surface area contributed by atoms with Crippen molar-refractivity contribution >= 4 is 68.2 Å². The number of carbonyl (C=O) groups is 1. The molecule has 5 nitrogen and oxygen atoms in total. The van der Waals surface area contributed by atoms with E-state index in [2.05, 4.69) is 5.32 Å². The second-order valence-corrected chi connectivity index (χ2v) is 11.2. The van der Waals surface area contributed by atoms with Crippen LogP contribution in [0.25, 0.3) is 0 Å². The van der Waals surface area contributed by atoms with Crippen LogP contribution >= 0.6 is 46.6 Å². The minimum Gasteiger partial charge on any atom is -0.355 e. The number of hydrogen-bond donors (Lipinski definition) is 1. The Morgan fingerprint density at radius 2 is 1.68 bits per heavy atom. The maximum Gasteiger partial charge on any atom is 0.232 e. The molecule has 0 aliphatic heterocycles. The molecule has 170 valence electrons. The zero-order valence-corrected chi connectivity index (χ0v) is 21.2. The summed E-state index contributed by atoms with van der Waals surface area (Å²) >= 11 is 20.1. The zero-order valence-electron chi connectivity index (χ0n) is 17.3. The molecule has 0 saturated heterocycles. The van der Waals surface area contributed by atoms with Gasteiger partial charge in [0.05, 0.1) is 11.9 Å². The second-order valence-electron chi connectivity index (χ2n) is 6.93. The van der Waals surface area contributed by atoms with E-state index in [0.717, 1.165) is 11.8 Å². The van der Waals surface area contributed by atoms with E-state index in [4.69, 9.17) is 34.8 Å². The van der Waals surface area contributed by atoms with E-state index in [-0.39, 0.29) is 18.9 Å². The molecule has 2 aromatic carbocycles. The van der Waals surface area contributed by atoms with E-state index >= 15 is 0 Å². The van der Waals surface area contributed by atoms with Gasteiger partial charge in [0, 0.05) is 46.1 Å². The van der Waals surface area contributed by atoms with Crippen molar-refractivity contribution in [1.82, 2.24) is 5.32 Å². The van der Waals surface area contributed by atoms with E-state index in [1.54, 1.807) is 55.1 Å². The van der Waals surface area contributed by atoms with Crippen molar-refractivity contribution in [2.75, 3.05) is 29.4 Å². The third-order valence-electron chi connectivity index (χ3n) is 4.55. The van der Waals surface area contributed by atoms with Crippen LogP contribution < -0.4 is 9.62 Å². The van der Waals surface area contributed by atoms with Gasteiger partial charge in [-0.3, -0.25) is 9.10 Å². The molecule has 2 rings (SSSR count). The summed E-state index contributed by atoms with van der Waals surface area (Å²) in [5, 5.41) is 4.62. The van der Waals surface area contributed by atoms with Gasteiger partial charge in [-0.05, 0) is 48.7 Å². The van der Waals surface area contributed by atoms with E-state index in [9.17, 15) is 13.2 Å². The summed E-state index contributed by atoms with van der Waals surface area (Å²) < 4.78 is 25.8. The average Bonchev–Trinajstić information content (AvgIpc) is 2.68. The van der Waals surface area contributed by atoms with Crippen molar-refractivity contribution in [2.45, 2.75) is 25.5 Å². The molecule has 10 heteroatoms. The zero-order chi connectivity index (χ0) is 23.0. The number of thioether (sulfide) groups is 1. The number of carbonyl (C=O) groups excluding carboxylic acids is 1. The maximum absolute atomic E-state index is 12.2. The Kier molecular flexibility index (Phi) is 10.3. The number of nitrogens with zero attached hydrogens (tertiary/aromatic N) is 1. The summed E-state index contributed by atoms with van der Waals surface area (Å²) in [6, 6.07) is 10.5. The summed E-state index contributed by atoms with van der Waals surface area (Å²) in [5.74, 6) is 1.26. The maximum atomic E-state index is 12.2. The smallest absolute Gasteiger partial charge is 0.232 e. The van der Waals surface area contributed by atoms with Crippen LogP contribution in [0.4, 0.5) is 5.69 Å². The first-order valence-corrected chi connectivity index (χ1v) is 13.7. The minimum absolute atomic E-state index is 0.118.